The van der Waals surface area contributed by atoms with Gasteiger partial charge in [0.25, 0.3) is 0 Å². The molecule has 2 N–H and O–H groups in total. The molecule has 0 spiro atoms. The van der Waals surface area contributed by atoms with Crippen molar-refractivity contribution in [2.24, 2.45) is 0 Å². The van der Waals surface area contributed by atoms with Crippen LogP contribution in [0.1, 0.15) is 56.6 Å². The molecule has 160 valence electrons. The third-order valence-electron chi connectivity index (χ3n) is 5.02. The van der Waals surface area contributed by atoms with E-state index in [2.05, 4.69) is 25.6 Å². The van der Waals surface area contributed by atoms with Gasteiger partial charge in [-0.1, -0.05) is 0 Å². The number of aromatic nitrogens is 5. The molecule has 3 aromatic rings. The molecule has 30 heavy (non-hydrogen) atoms. The Hall–Kier alpha value is -2.69. The number of nitrogens with zero attached hydrogens (tertiary/aromatic N) is 5. The monoisotopic (exact) mass is 437 g/mol. The van der Waals surface area contributed by atoms with Gasteiger partial charge in [-0.05, 0) is 33.6 Å². The lowest BCUT2D eigenvalue weighted by molar-refractivity contribution is -0.137. The van der Waals surface area contributed by atoms with E-state index in [0.717, 1.165) is 30.4 Å². The van der Waals surface area contributed by atoms with Crippen molar-refractivity contribution in [1.29, 1.82) is 0 Å². The lowest BCUT2D eigenvalue weighted by atomic mass is 9.86. The zero-order valence-corrected chi connectivity index (χ0v) is 17.6. The van der Waals surface area contributed by atoms with Crippen LogP contribution < -0.4 is 10.6 Å². The molecule has 0 aliphatic heterocycles. The van der Waals surface area contributed by atoms with E-state index < -0.39 is 17.2 Å². The van der Waals surface area contributed by atoms with Gasteiger partial charge in [-0.2, -0.15) is 23.3 Å². The van der Waals surface area contributed by atoms with E-state index in [1.54, 1.807) is 12.4 Å². The lowest BCUT2D eigenvalue weighted by Crippen LogP contribution is -2.20. The van der Waals surface area contributed by atoms with Crippen LogP contribution in [-0.4, -0.2) is 31.3 Å². The maximum atomic E-state index is 13.2. The summed E-state index contributed by atoms with van der Waals surface area (Å²) in [5, 5.41) is 12.5. The molecule has 4 rings (SSSR count). The minimum atomic E-state index is -4.53. The minimum Gasteiger partial charge on any atom is -0.370 e. The predicted molar refractivity (Wildman–Crippen MR) is 109 cm³/mol. The highest BCUT2D eigenvalue weighted by molar-refractivity contribution is 7.07. The summed E-state index contributed by atoms with van der Waals surface area (Å²) >= 11 is 1.52. The molecule has 7 nitrogen and oxygen atoms in total. The minimum absolute atomic E-state index is 0.0822. The number of nitrogens with one attached hydrogen (secondary N) is 2. The number of anilines is 3. The molecule has 0 saturated heterocycles. The van der Waals surface area contributed by atoms with Gasteiger partial charge in [0.05, 0.1) is 28.4 Å². The van der Waals surface area contributed by atoms with Crippen LogP contribution in [-0.2, 0) is 11.6 Å². The standard InChI is InChI=1S/C19H22F3N7S/c1-4-23-16-12(19(20,21)22)8-24-17(27-16)26-15-7-13(28-29(15)11-5-6-11)18(2,3)14-9-30-10-25-14/h7-11H,4-6H2,1-3H3,(H2,23,24,26,27). The van der Waals surface area contributed by atoms with Gasteiger partial charge in [0.15, 0.2) is 0 Å². The van der Waals surface area contributed by atoms with E-state index in [-0.39, 0.29) is 17.8 Å². The van der Waals surface area contributed by atoms with Crippen molar-refractivity contribution in [2.45, 2.75) is 51.2 Å². The molecule has 1 fully saturated rings. The van der Waals surface area contributed by atoms with Crippen molar-refractivity contribution in [3.8, 4) is 0 Å². The number of rotatable bonds is 7. The van der Waals surface area contributed by atoms with Gasteiger partial charge in [0.1, 0.15) is 17.2 Å². The molecular formula is C19H22F3N7S. The van der Waals surface area contributed by atoms with Crippen LogP contribution >= 0.6 is 11.3 Å². The molecule has 1 aliphatic rings. The normalized spacial score (nSPS) is 14.7. The van der Waals surface area contributed by atoms with Gasteiger partial charge in [0.2, 0.25) is 5.95 Å². The highest BCUT2D eigenvalue weighted by atomic mass is 32.1. The molecule has 0 bridgehead atoms. The van der Waals surface area contributed by atoms with Crippen molar-refractivity contribution < 1.29 is 13.2 Å². The first kappa shape index (κ1) is 20.6. The van der Waals surface area contributed by atoms with E-state index in [0.29, 0.717) is 12.4 Å². The topological polar surface area (TPSA) is 80.5 Å². The van der Waals surface area contributed by atoms with Gasteiger partial charge < -0.3 is 10.6 Å². The third kappa shape index (κ3) is 3.98. The van der Waals surface area contributed by atoms with Crippen molar-refractivity contribution in [3.05, 3.63) is 40.1 Å². The van der Waals surface area contributed by atoms with E-state index in [4.69, 9.17) is 5.10 Å². The third-order valence-corrected chi connectivity index (χ3v) is 5.61. The molecule has 0 unspecified atom stereocenters. The Balaban J connectivity index is 1.68. The Kier molecular flexibility index (Phi) is 5.16. The quantitative estimate of drug-likeness (QED) is 0.542. The zero-order valence-electron chi connectivity index (χ0n) is 16.8. The lowest BCUT2D eigenvalue weighted by Gasteiger charge is -2.19. The fraction of sp³-hybridized carbons (Fsp3) is 0.474. The van der Waals surface area contributed by atoms with Crippen molar-refractivity contribution in [1.82, 2.24) is 24.7 Å². The Labute approximate surface area is 175 Å². The number of hydrogen-bond donors (Lipinski definition) is 2. The number of alkyl halides is 3. The number of thiazole rings is 1. The first-order valence-corrected chi connectivity index (χ1v) is 10.6. The van der Waals surface area contributed by atoms with Crippen molar-refractivity contribution in [3.63, 3.8) is 0 Å². The Morgan fingerprint density at radius 2 is 1.97 bits per heavy atom. The summed E-state index contributed by atoms with van der Waals surface area (Å²) in [7, 11) is 0. The molecule has 0 radical (unpaired) electrons. The summed E-state index contributed by atoms with van der Waals surface area (Å²) in [5.74, 6) is 0.486. The predicted octanol–water partition coefficient (Wildman–Crippen LogP) is 4.98. The van der Waals surface area contributed by atoms with Crippen LogP contribution in [0.3, 0.4) is 0 Å². The van der Waals surface area contributed by atoms with Crippen LogP contribution in [0.4, 0.5) is 30.8 Å². The summed E-state index contributed by atoms with van der Waals surface area (Å²) in [4.78, 5) is 12.4. The molecule has 3 aromatic heterocycles. The largest absolute Gasteiger partial charge is 0.421 e. The SMILES string of the molecule is CCNc1nc(Nc2cc(C(C)(C)c3cscn3)nn2C2CC2)ncc1C(F)(F)F. The molecule has 1 saturated carbocycles. The molecule has 3 heterocycles. The van der Waals surface area contributed by atoms with Gasteiger partial charge in [-0.3, -0.25) is 0 Å². The summed E-state index contributed by atoms with van der Waals surface area (Å²) in [6.45, 7) is 6.11. The summed E-state index contributed by atoms with van der Waals surface area (Å²) in [5.41, 5.74) is 2.22. The number of halogens is 3. The first-order chi connectivity index (χ1) is 14.2. The van der Waals surface area contributed by atoms with Crippen LogP contribution in [0.2, 0.25) is 0 Å². The molecule has 11 heteroatoms. The summed E-state index contributed by atoms with van der Waals surface area (Å²) in [6, 6.07) is 2.15. The second-order valence-electron chi connectivity index (χ2n) is 7.70. The summed E-state index contributed by atoms with van der Waals surface area (Å²) in [6.07, 6.45) is -1.73. The van der Waals surface area contributed by atoms with E-state index in [1.807, 2.05) is 30.0 Å². The van der Waals surface area contributed by atoms with Gasteiger partial charge >= 0.3 is 6.18 Å². The van der Waals surface area contributed by atoms with Crippen molar-refractivity contribution >= 4 is 28.9 Å². The molecular weight excluding hydrogens is 415 g/mol. The number of hydrogen-bond acceptors (Lipinski definition) is 7. The second kappa shape index (κ2) is 7.53. The van der Waals surface area contributed by atoms with Crippen LogP contribution in [0.15, 0.2) is 23.2 Å². The average molecular weight is 437 g/mol. The smallest absolute Gasteiger partial charge is 0.370 e. The van der Waals surface area contributed by atoms with Crippen LogP contribution in [0.25, 0.3) is 0 Å². The van der Waals surface area contributed by atoms with Gasteiger partial charge in [-0.15, -0.1) is 11.3 Å². The van der Waals surface area contributed by atoms with Gasteiger partial charge in [-0.25, -0.2) is 14.6 Å². The van der Waals surface area contributed by atoms with E-state index in [1.165, 1.54) is 11.3 Å². The second-order valence-corrected chi connectivity index (χ2v) is 8.42. The molecule has 1 aliphatic carbocycles. The fourth-order valence-electron chi connectivity index (χ4n) is 3.11. The first-order valence-electron chi connectivity index (χ1n) is 9.64. The summed E-state index contributed by atoms with van der Waals surface area (Å²) < 4.78 is 41.5. The van der Waals surface area contributed by atoms with Crippen LogP contribution in [0.5, 0.6) is 0 Å². The Bertz CT molecular complexity index is 1020. The molecule has 0 atom stereocenters. The van der Waals surface area contributed by atoms with Gasteiger partial charge in [0, 0.05) is 24.2 Å². The maximum absolute atomic E-state index is 13.2. The highest BCUT2D eigenvalue weighted by Gasteiger charge is 2.36. The van der Waals surface area contributed by atoms with E-state index in [9.17, 15) is 13.2 Å². The maximum Gasteiger partial charge on any atom is 0.421 e. The molecule has 0 aromatic carbocycles. The fourth-order valence-corrected chi connectivity index (χ4v) is 3.83. The van der Waals surface area contributed by atoms with Crippen molar-refractivity contribution in [2.75, 3.05) is 17.2 Å². The average Bonchev–Trinajstić information content (AvgIpc) is 3.18. The Morgan fingerprint density at radius 1 is 1.20 bits per heavy atom. The van der Waals surface area contributed by atoms with Crippen LogP contribution in [0, 0.1) is 0 Å². The zero-order chi connectivity index (χ0) is 21.5. The Morgan fingerprint density at radius 3 is 2.57 bits per heavy atom. The highest BCUT2D eigenvalue weighted by Crippen LogP contribution is 2.40. The molecule has 0 amide bonds. The van der Waals surface area contributed by atoms with E-state index >= 15 is 0 Å².